The van der Waals surface area contributed by atoms with E-state index in [4.69, 9.17) is 10.9 Å². The first-order valence-corrected chi connectivity index (χ1v) is 5.93. The molecule has 4 nitrogen and oxygen atoms in total. The van der Waals surface area contributed by atoms with Crippen LogP contribution in [0.15, 0.2) is 29.4 Å². The molecule has 2 atom stereocenters. The monoisotopic (exact) mass is 235 g/mol. The predicted octanol–water partition coefficient (Wildman–Crippen LogP) is 2.63. The molecule has 17 heavy (non-hydrogen) atoms. The molecule has 1 aromatic carbocycles. The van der Waals surface area contributed by atoms with Crippen LogP contribution in [0.3, 0.4) is 0 Å². The summed E-state index contributed by atoms with van der Waals surface area (Å²) in [7, 11) is 0. The lowest BCUT2D eigenvalue weighted by molar-refractivity contribution is 0.318. The summed E-state index contributed by atoms with van der Waals surface area (Å²) in [5, 5.41) is 15.0. The number of nitrogens with one attached hydrogen (secondary N) is 1. The van der Waals surface area contributed by atoms with Crippen LogP contribution in [0.2, 0.25) is 0 Å². The standard InChI is InChI=1S/C13H21N3O/c1-4-9(2)10(3)15-12-7-5-6-11(8-12)13(14)16-17/h5-10,15,17H,4H2,1-3H3,(H2,14,16). The molecule has 4 heteroatoms. The highest BCUT2D eigenvalue weighted by molar-refractivity contribution is 5.97. The number of rotatable bonds is 5. The van der Waals surface area contributed by atoms with E-state index in [1.807, 2.05) is 24.3 Å². The first-order chi connectivity index (χ1) is 8.08. The largest absolute Gasteiger partial charge is 0.409 e. The Balaban J connectivity index is 2.79. The number of benzene rings is 1. The van der Waals surface area contributed by atoms with E-state index in [0.717, 1.165) is 12.1 Å². The maximum atomic E-state index is 8.63. The third-order valence-electron chi connectivity index (χ3n) is 3.16. The molecule has 0 aliphatic rings. The van der Waals surface area contributed by atoms with Crippen LogP contribution in [-0.4, -0.2) is 17.1 Å². The van der Waals surface area contributed by atoms with Gasteiger partial charge in [0.25, 0.3) is 0 Å². The van der Waals surface area contributed by atoms with Gasteiger partial charge in [-0.1, -0.05) is 37.6 Å². The lowest BCUT2D eigenvalue weighted by Crippen LogP contribution is -2.23. The normalized spacial score (nSPS) is 15.4. The second-order valence-electron chi connectivity index (χ2n) is 4.38. The highest BCUT2D eigenvalue weighted by Gasteiger charge is 2.10. The van der Waals surface area contributed by atoms with Crippen molar-refractivity contribution < 1.29 is 5.21 Å². The van der Waals surface area contributed by atoms with Gasteiger partial charge in [-0.25, -0.2) is 0 Å². The van der Waals surface area contributed by atoms with E-state index in [0.29, 0.717) is 17.5 Å². The Morgan fingerprint density at radius 1 is 1.47 bits per heavy atom. The van der Waals surface area contributed by atoms with Gasteiger partial charge in [-0.05, 0) is 25.0 Å². The highest BCUT2D eigenvalue weighted by Crippen LogP contribution is 2.16. The maximum absolute atomic E-state index is 8.63. The topological polar surface area (TPSA) is 70.6 Å². The van der Waals surface area contributed by atoms with Gasteiger partial charge < -0.3 is 16.3 Å². The average molecular weight is 235 g/mol. The van der Waals surface area contributed by atoms with Crippen LogP contribution in [-0.2, 0) is 0 Å². The second kappa shape index (κ2) is 6.13. The van der Waals surface area contributed by atoms with Gasteiger partial charge in [0, 0.05) is 17.3 Å². The Labute approximate surface area is 103 Å². The third kappa shape index (κ3) is 3.66. The van der Waals surface area contributed by atoms with Crippen LogP contribution in [0.5, 0.6) is 0 Å². The minimum atomic E-state index is 0.129. The van der Waals surface area contributed by atoms with Crippen molar-refractivity contribution in [2.24, 2.45) is 16.8 Å². The van der Waals surface area contributed by atoms with Crippen LogP contribution in [0.4, 0.5) is 5.69 Å². The molecule has 0 aromatic heterocycles. The molecule has 0 bridgehead atoms. The van der Waals surface area contributed by atoms with Crippen molar-refractivity contribution in [3.63, 3.8) is 0 Å². The smallest absolute Gasteiger partial charge is 0.170 e. The van der Waals surface area contributed by atoms with Crippen molar-refractivity contribution in [2.45, 2.75) is 33.2 Å². The Bertz CT molecular complexity index is 390. The Hall–Kier alpha value is -1.71. The number of nitrogens with two attached hydrogens (primary N) is 1. The van der Waals surface area contributed by atoms with Gasteiger partial charge in [-0.15, -0.1) is 0 Å². The molecule has 4 N–H and O–H groups in total. The van der Waals surface area contributed by atoms with Crippen molar-refractivity contribution >= 4 is 11.5 Å². The van der Waals surface area contributed by atoms with E-state index in [9.17, 15) is 0 Å². The number of amidine groups is 1. The molecule has 0 amide bonds. The van der Waals surface area contributed by atoms with E-state index in [2.05, 4.69) is 31.2 Å². The molecule has 2 unspecified atom stereocenters. The first-order valence-electron chi connectivity index (χ1n) is 5.93. The lowest BCUT2D eigenvalue weighted by atomic mass is 10.0. The zero-order chi connectivity index (χ0) is 12.8. The SMILES string of the molecule is CCC(C)C(C)Nc1cccc(C(N)=NO)c1. The number of oxime groups is 1. The minimum Gasteiger partial charge on any atom is -0.409 e. The van der Waals surface area contributed by atoms with Crippen LogP contribution >= 0.6 is 0 Å². The molecular weight excluding hydrogens is 214 g/mol. The summed E-state index contributed by atoms with van der Waals surface area (Å²) in [5.41, 5.74) is 7.26. The number of hydrogen-bond acceptors (Lipinski definition) is 3. The van der Waals surface area contributed by atoms with Crippen LogP contribution in [0.25, 0.3) is 0 Å². The molecule has 1 rings (SSSR count). The third-order valence-corrected chi connectivity index (χ3v) is 3.16. The van der Waals surface area contributed by atoms with Crippen molar-refractivity contribution in [2.75, 3.05) is 5.32 Å². The molecule has 0 radical (unpaired) electrons. The summed E-state index contributed by atoms with van der Waals surface area (Å²) in [6.07, 6.45) is 1.13. The summed E-state index contributed by atoms with van der Waals surface area (Å²) < 4.78 is 0. The summed E-state index contributed by atoms with van der Waals surface area (Å²) in [6, 6.07) is 7.95. The van der Waals surface area contributed by atoms with Gasteiger partial charge in [0.15, 0.2) is 5.84 Å². The molecule has 0 aliphatic heterocycles. The van der Waals surface area contributed by atoms with Gasteiger partial charge in [-0.2, -0.15) is 0 Å². The number of hydrogen-bond donors (Lipinski definition) is 3. The summed E-state index contributed by atoms with van der Waals surface area (Å²) >= 11 is 0. The van der Waals surface area contributed by atoms with Crippen LogP contribution in [0.1, 0.15) is 32.8 Å². The zero-order valence-corrected chi connectivity index (χ0v) is 10.6. The molecule has 1 aromatic rings. The summed E-state index contributed by atoms with van der Waals surface area (Å²) in [4.78, 5) is 0. The van der Waals surface area contributed by atoms with E-state index in [-0.39, 0.29) is 5.84 Å². The van der Waals surface area contributed by atoms with Crippen LogP contribution in [0, 0.1) is 5.92 Å². The molecule has 94 valence electrons. The lowest BCUT2D eigenvalue weighted by Gasteiger charge is -2.21. The first kappa shape index (κ1) is 13.4. The quantitative estimate of drug-likeness (QED) is 0.318. The fraction of sp³-hybridized carbons (Fsp3) is 0.462. The van der Waals surface area contributed by atoms with Gasteiger partial charge in [-0.3, -0.25) is 0 Å². The van der Waals surface area contributed by atoms with Crippen LogP contribution < -0.4 is 11.1 Å². The predicted molar refractivity (Wildman–Crippen MR) is 71.5 cm³/mol. The molecule has 0 spiro atoms. The Kier molecular flexibility index (Phi) is 4.82. The fourth-order valence-corrected chi connectivity index (χ4v) is 1.58. The van der Waals surface area contributed by atoms with Crippen molar-refractivity contribution in [3.05, 3.63) is 29.8 Å². The van der Waals surface area contributed by atoms with E-state index in [1.54, 1.807) is 0 Å². The van der Waals surface area contributed by atoms with E-state index in [1.165, 1.54) is 0 Å². The number of anilines is 1. The Morgan fingerprint density at radius 2 is 2.18 bits per heavy atom. The number of nitrogens with zero attached hydrogens (tertiary/aromatic N) is 1. The Morgan fingerprint density at radius 3 is 2.76 bits per heavy atom. The zero-order valence-electron chi connectivity index (χ0n) is 10.6. The summed E-state index contributed by atoms with van der Waals surface area (Å²) in [5.74, 6) is 0.729. The minimum absolute atomic E-state index is 0.129. The summed E-state index contributed by atoms with van der Waals surface area (Å²) in [6.45, 7) is 6.55. The van der Waals surface area contributed by atoms with Gasteiger partial charge in [0.1, 0.15) is 0 Å². The maximum Gasteiger partial charge on any atom is 0.170 e. The average Bonchev–Trinajstić information content (AvgIpc) is 2.37. The molecule has 0 saturated heterocycles. The van der Waals surface area contributed by atoms with Crippen molar-refractivity contribution in [1.82, 2.24) is 0 Å². The highest BCUT2D eigenvalue weighted by atomic mass is 16.4. The molecule has 0 saturated carbocycles. The molecular formula is C13H21N3O. The van der Waals surface area contributed by atoms with Gasteiger partial charge in [0.05, 0.1) is 0 Å². The molecule has 0 heterocycles. The van der Waals surface area contributed by atoms with E-state index < -0.39 is 0 Å². The van der Waals surface area contributed by atoms with Gasteiger partial charge >= 0.3 is 0 Å². The van der Waals surface area contributed by atoms with Gasteiger partial charge in [0.2, 0.25) is 0 Å². The fourth-order valence-electron chi connectivity index (χ4n) is 1.58. The van der Waals surface area contributed by atoms with Crippen molar-refractivity contribution in [1.29, 1.82) is 0 Å². The molecule has 0 fully saturated rings. The second-order valence-corrected chi connectivity index (χ2v) is 4.38. The van der Waals surface area contributed by atoms with Crippen molar-refractivity contribution in [3.8, 4) is 0 Å². The molecule has 0 aliphatic carbocycles. The van der Waals surface area contributed by atoms with E-state index >= 15 is 0 Å².